The van der Waals surface area contributed by atoms with E-state index in [1.165, 1.54) is 0 Å². The summed E-state index contributed by atoms with van der Waals surface area (Å²) in [5, 5.41) is 0.0153. The molecule has 1 saturated heterocycles. The van der Waals surface area contributed by atoms with Crippen LogP contribution in [0.2, 0.25) is 0 Å². The highest BCUT2D eigenvalue weighted by Gasteiger charge is 2.34. The minimum Gasteiger partial charge on any atom is -0.340 e. The van der Waals surface area contributed by atoms with E-state index in [0.717, 1.165) is 11.3 Å². The summed E-state index contributed by atoms with van der Waals surface area (Å²) < 4.78 is 13.9. The first kappa shape index (κ1) is 16.0. The maximum atomic E-state index is 12.9. The van der Waals surface area contributed by atoms with Crippen LogP contribution < -0.4 is 0 Å². The average molecular weight is 330 g/mol. The molecule has 1 aromatic heterocycles. The van der Waals surface area contributed by atoms with E-state index in [1.807, 2.05) is 72.8 Å². The van der Waals surface area contributed by atoms with Gasteiger partial charge in [-0.15, -0.1) is 0 Å². The Hall–Kier alpha value is -1.88. The van der Waals surface area contributed by atoms with Crippen LogP contribution in [0.25, 0.3) is 11.3 Å². The molecule has 0 unspecified atom stereocenters. The van der Waals surface area contributed by atoms with Crippen LogP contribution in [-0.4, -0.2) is 43.2 Å². The van der Waals surface area contributed by atoms with Gasteiger partial charge in [-0.1, -0.05) is 30.3 Å². The Bertz CT molecular complexity index is 739. The Kier molecular flexibility index (Phi) is 4.39. The molecule has 0 saturated carbocycles. The Balaban J connectivity index is 1.89. The predicted octanol–water partition coefficient (Wildman–Crippen LogP) is 2.67. The van der Waals surface area contributed by atoms with Crippen molar-refractivity contribution in [2.75, 3.05) is 12.3 Å². The fourth-order valence-corrected chi connectivity index (χ4v) is 4.44. The summed E-state index contributed by atoms with van der Waals surface area (Å²) in [5.74, 6) is 0.582. The molecule has 0 radical (unpaired) electrons. The Labute approximate surface area is 139 Å². The lowest BCUT2D eigenvalue weighted by atomic mass is 10.2. The number of carbonyl (C=O) groups excluding carboxylic acids is 1. The topological polar surface area (TPSA) is 42.3 Å². The molecule has 5 heteroatoms. The SMILES string of the molecule is C[C@@H]1[C@H](C)[S@@](=O)CCN1C(=O)c1ccc(-c2ccccc2)n1C. The van der Waals surface area contributed by atoms with Crippen molar-refractivity contribution in [3.05, 3.63) is 48.2 Å². The molecule has 122 valence electrons. The Morgan fingerprint density at radius 2 is 1.83 bits per heavy atom. The smallest absolute Gasteiger partial charge is 0.270 e. The summed E-state index contributed by atoms with van der Waals surface area (Å²) in [6, 6.07) is 13.9. The molecule has 0 bridgehead atoms. The van der Waals surface area contributed by atoms with Gasteiger partial charge in [0.1, 0.15) is 5.69 Å². The summed E-state index contributed by atoms with van der Waals surface area (Å²) >= 11 is 0. The molecule has 1 aromatic carbocycles. The molecular formula is C18H22N2O2S. The zero-order valence-electron chi connectivity index (χ0n) is 13.7. The molecule has 1 amide bonds. The van der Waals surface area contributed by atoms with E-state index in [1.54, 1.807) is 0 Å². The van der Waals surface area contributed by atoms with E-state index >= 15 is 0 Å². The van der Waals surface area contributed by atoms with Crippen LogP contribution >= 0.6 is 0 Å². The molecule has 2 aromatic rings. The number of nitrogens with zero attached hydrogens (tertiary/aromatic N) is 2. The lowest BCUT2D eigenvalue weighted by Crippen LogP contribution is -2.52. The van der Waals surface area contributed by atoms with E-state index in [2.05, 4.69) is 0 Å². The van der Waals surface area contributed by atoms with Gasteiger partial charge in [0.05, 0.1) is 5.25 Å². The van der Waals surface area contributed by atoms with Crippen molar-refractivity contribution in [2.24, 2.45) is 7.05 Å². The molecule has 2 heterocycles. The minimum atomic E-state index is -0.839. The van der Waals surface area contributed by atoms with Gasteiger partial charge in [-0.05, 0) is 31.5 Å². The molecule has 1 fully saturated rings. The van der Waals surface area contributed by atoms with E-state index in [4.69, 9.17) is 0 Å². The van der Waals surface area contributed by atoms with Crippen molar-refractivity contribution < 1.29 is 9.00 Å². The van der Waals surface area contributed by atoms with Gasteiger partial charge in [0, 0.05) is 41.9 Å². The molecule has 0 aliphatic carbocycles. The van der Waals surface area contributed by atoms with E-state index < -0.39 is 10.8 Å². The quantitative estimate of drug-likeness (QED) is 0.849. The molecule has 23 heavy (non-hydrogen) atoms. The van der Waals surface area contributed by atoms with Crippen molar-refractivity contribution in [1.29, 1.82) is 0 Å². The predicted molar refractivity (Wildman–Crippen MR) is 93.8 cm³/mol. The molecule has 4 nitrogen and oxygen atoms in total. The molecule has 3 atom stereocenters. The molecule has 1 aliphatic heterocycles. The lowest BCUT2D eigenvalue weighted by molar-refractivity contribution is 0.0686. The van der Waals surface area contributed by atoms with Gasteiger partial charge in [-0.2, -0.15) is 0 Å². The second-order valence-electron chi connectivity index (χ2n) is 6.06. The second kappa shape index (κ2) is 6.32. The van der Waals surface area contributed by atoms with Crippen molar-refractivity contribution in [1.82, 2.24) is 9.47 Å². The summed E-state index contributed by atoms with van der Waals surface area (Å²) in [5.41, 5.74) is 2.79. The molecular weight excluding hydrogens is 308 g/mol. The number of amides is 1. The van der Waals surface area contributed by atoms with Gasteiger partial charge in [-0.25, -0.2) is 0 Å². The van der Waals surface area contributed by atoms with Crippen LogP contribution in [0.15, 0.2) is 42.5 Å². The van der Waals surface area contributed by atoms with Gasteiger partial charge in [0.25, 0.3) is 5.91 Å². The first-order chi connectivity index (χ1) is 11.0. The average Bonchev–Trinajstić information content (AvgIpc) is 2.94. The van der Waals surface area contributed by atoms with Crippen molar-refractivity contribution in [3.63, 3.8) is 0 Å². The molecule has 0 spiro atoms. The van der Waals surface area contributed by atoms with Crippen molar-refractivity contribution in [2.45, 2.75) is 25.1 Å². The normalized spacial score (nSPS) is 24.7. The Morgan fingerprint density at radius 3 is 2.52 bits per heavy atom. The van der Waals surface area contributed by atoms with Crippen LogP contribution in [-0.2, 0) is 17.8 Å². The third-order valence-corrected chi connectivity index (χ3v) is 6.60. The van der Waals surface area contributed by atoms with Crippen molar-refractivity contribution >= 4 is 16.7 Å². The number of benzene rings is 1. The monoisotopic (exact) mass is 330 g/mol. The van der Waals surface area contributed by atoms with Gasteiger partial charge >= 0.3 is 0 Å². The van der Waals surface area contributed by atoms with Gasteiger partial charge in [0.15, 0.2) is 0 Å². The molecule has 1 aliphatic rings. The largest absolute Gasteiger partial charge is 0.340 e. The maximum absolute atomic E-state index is 12.9. The highest BCUT2D eigenvalue weighted by atomic mass is 32.2. The van der Waals surface area contributed by atoms with Crippen LogP contribution in [0.3, 0.4) is 0 Å². The highest BCUT2D eigenvalue weighted by molar-refractivity contribution is 7.85. The van der Waals surface area contributed by atoms with Gasteiger partial charge in [-0.3, -0.25) is 9.00 Å². The Morgan fingerprint density at radius 1 is 1.13 bits per heavy atom. The summed E-state index contributed by atoms with van der Waals surface area (Å²) in [4.78, 5) is 14.8. The summed E-state index contributed by atoms with van der Waals surface area (Å²) in [7, 11) is 1.08. The fourth-order valence-electron chi connectivity index (χ4n) is 3.11. The molecule has 0 N–H and O–H groups in total. The number of hydrogen-bond donors (Lipinski definition) is 0. The molecule has 3 rings (SSSR count). The third-order valence-electron chi connectivity index (χ3n) is 4.79. The minimum absolute atomic E-state index is 0.00726. The van der Waals surface area contributed by atoms with Gasteiger partial charge in [0.2, 0.25) is 0 Å². The standard InChI is InChI=1S/C18H22N2O2S/c1-13-14(2)23(22)12-11-20(13)18(21)17-10-9-16(19(17)3)15-7-5-4-6-8-15/h4-10,13-14H,11-12H2,1-3H3/t13-,14+,23+/m1/s1. The first-order valence-electron chi connectivity index (χ1n) is 7.90. The number of rotatable bonds is 2. The van der Waals surface area contributed by atoms with Crippen LogP contribution in [0.5, 0.6) is 0 Å². The highest BCUT2D eigenvalue weighted by Crippen LogP contribution is 2.24. The van der Waals surface area contributed by atoms with E-state index in [-0.39, 0.29) is 17.2 Å². The number of hydrogen-bond acceptors (Lipinski definition) is 2. The van der Waals surface area contributed by atoms with E-state index in [0.29, 0.717) is 18.0 Å². The number of carbonyl (C=O) groups is 1. The zero-order valence-corrected chi connectivity index (χ0v) is 14.5. The lowest BCUT2D eigenvalue weighted by Gasteiger charge is -2.37. The van der Waals surface area contributed by atoms with Gasteiger partial charge < -0.3 is 9.47 Å². The van der Waals surface area contributed by atoms with Crippen LogP contribution in [0.1, 0.15) is 24.3 Å². The fraction of sp³-hybridized carbons (Fsp3) is 0.389. The van der Waals surface area contributed by atoms with E-state index in [9.17, 15) is 9.00 Å². The second-order valence-corrected chi connectivity index (χ2v) is 7.97. The first-order valence-corrected chi connectivity index (χ1v) is 9.28. The van der Waals surface area contributed by atoms with Crippen LogP contribution in [0.4, 0.5) is 0 Å². The van der Waals surface area contributed by atoms with Crippen LogP contribution in [0, 0.1) is 0 Å². The van der Waals surface area contributed by atoms with Crippen molar-refractivity contribution in [3.8, 4) is 11.3 Å². The number of aromatic nitrogens is 1. The third kappa shape index (κ3) is 2.85. The summed E-state index contributed by atoms with van der Waals surface area (Å²) in [6.07, 6.45) is 0. The zero-order chi connectivity index (χ0) is 16.6. The maximum Gasteiger partial charge on any atom is 0.270 e. The summed E-state index contributed by atoms with van der Waals surface area (Å²) in [6.45, 7) is 4.50.